The zero-order valence-corrected chi connectivity index (χ0v) is 17.5. The van der Waals surface area contributed by atoms with Gasteiger partial charge in [0.1, 0.15) is 5.75 Å². The lowest BCUT2D eigenvalue weighted by molar-refractivity contribution is 0.0734. The third-order valence-corrected chi connectivity index (χ3v) is 6.10. The molecule has 28 heavy (non-hydrogen) atoms. The van der Waals surface area contributed by atoms with Crippen LogP contribution in [-0.2, 0) is 6.42 Å². The smallest absolute Gasteiger partial charge is 0.343 e. The van der Waals surface area contributed by atoms with Crippen LogP contribution in [0.4, 0.5) is 0 Å². The van der Waals surface area contributed by atoms with E-state index in [1.54, 1.807) is 0 Å². The van der Waals surface area contributed by atoms with E-state index in [4.69, 9.17) is 4.74 Å². The van der Waals surface area contributed by atoms with Crippen LogP contribution in [0.2, 0.25) is 0 Å². The Labute approximate surface area is 170 Å². The van der Waals surface area contributed by atoms with Crippen LogP contribution in [0.15, 0.2) is 48.5 Å². The van der Waals surface area contributed by atoms with Gasteiger partial charge in [-0.2, -0.15) is 0 Å². The van der Waals surface area contributed by atoms with Gasteiger partial charge in [0.25, 0.3) is 0 Å². The average molecular weight is 379 g/mol. The Bertz CT molecular complexity index is 722. The summed E-state index contributed by atoms with van der Waals surface area (Å²) in [6.45, 7) is 4.44. The van der Waals surface area contributed by atoms with Gasteiger partial charge >= 0.3 is 5.97 Å². The standard InChI is InChI=1S/C26H34O2/c1-3-5-7-21-8-12-22(13-9-21)23-16-18-25(19-17-23)28-26(27)24-14-10-20(6-4-2)11-15-24/h10-11,14-19,21-22H,3-9,12-13H2,1-2H3. The fourth-order valence-electron chi connectivity index (χ4n) is 4.35. The second-order valence-electron chi connectivity index (χ2n) is 8.27. The van der Waals surface area contributed by atoms with Crippen molar-refractivity contribution in [3.05, 3.63) is 65.2 Å². The number of hydrogen-bond donors (Lipinski definition) is 0. The SMILES string of the molecule is CCCCC1CCC(c2ccc(OC(=O)c3ccc(CCC)cc3)cc2)CC1. The van der Waals surface area contributed by atoms with Crippen molar-refractivity contribution in [2.45, 2.75) is 77.6 Å². The maximum absolute atomic E-state index is 12.4. The molecule has 0 unspecified atom stereocenters. The molecule has 0 radical (unpaired) electrons. The first kappa shape index (κ1) is 20.6. The van der Waals surface area contributed by atoms with Crippen LogP contribution in [0, 0.1) is 5.92 Å². The van der Waals surface area contributed by atoms with E-state index in [0.717, 1.165) is 18.8 Å². The first-order valence-corrected chi connectivity index (χ1v) is 11.1. The van der Waals surface area contributed by atoms with Gasteiger partial charge < -0.3 is 4.74 Å². The topological polar surface area (TPSA) is 26.3 Å². The van der Waals surface area contributed by atoms with Crippen molar-refractivity contribution >= 4 is 5.97 Å². The van der Waals surface area contributed by atoms with E-state index in [1.165, 1.54) is 56.1 Å². The zero-order valence-electron chi connectivity index (χ0n) is 17.5. The summed E-state index contributed by atoms with van der Waals surface area (Å²) >= 11 is 0. The van der Waals surface area contributed by atoms with E-state index in [-0.39, 0.29) is 5.97 Å². The van der Waals surface area contributed by atoms with Gasteiger partial charge in [-0.25, -0.2) is 4.79 Å². The van der Waals surface area contributed by atoms with Crippen LogP contribution < -0.4 is 4.74 Å². The minimum Gasteiger partial charge on any atom is -0.423 e. The molecule has 1 aliphatic carbocycles. The summed E-state index contributed by atoms with van der Waals surface area (Å²) in [5.41, 5.74) is 3.25. The van der Waals surface area contributed by atoms with Gasteiger partial charge in [0.05, 0.1) is 5.56 Å². The summed E-state index contributed by atoms with van der Waals surface area (Å²) in [6, 6.07) is 15.9. The predicted octanol–water partition coefficient (Wildman–Crippen LogP) is 7.32. The van der Waals surface area contributed by atoms with Crippen molar-refractivity contribution in [1.29, 1.82) is 0 Å². The number of aryl methyl sites for hydroxylation is 1. The van der Waals surface area contributed by atoms with Crippen molar-refractivity contribution in [2.75, 3.05) is 0 Å². The van der Waals surface area contributed by atoms with Crippen molar-refractivity contribution in [3.63, 3.8) is 0 Å². The molecule has 0 bridgehead atoms. The second-order valence-corrected chi connectivity index (χ2v) is 8.27. The maximum atomic E-state index is 12.4. The van der Waals surface area contributed by atoms with E-state index in [0.29, 0.717) is 17.2 Å². The van der Waals surface area contributed by atoms with Crippen LogP contribution in [0.25, 0.3) is 0 Å². The first-order valence-electron chi connectivity index (χ1n) is 11.1. The first-order chi connectivity index (χ1) is 13.7. The molecular formula is C26H34O2. The number of ether oxygens (including phenoxy) is 1. The van der Waals surface area contributed by atoms with Gasteiger partial charge in [-0.1, -0.05) is 63.8 Å². The largest absolute Gasteiger partial charge is 0.423 e. The highest BCUT2D eigenvalue weighted by Gasteiger charge is 2.22. The lowest BCUT2D eigenvalue weighted by Crippen LogP contribution is -2.13. The van der Waals surface area contributed by atoms with E-state index in [1.807, 2.05) is 36.4 Å². The number of rotatable bonds is 8. The molecule has 1 fully saturated rings. The van der Waals surface area contributed by atoms with Gasteiger partial charge in [0.2, 0.25) is 0 Å². The number of esters is 1. The Morgan fingerprint density at radius 3 is 2.18 bits per heavy atom. The highest BCUT2D eigenvalue weighted by molar-refractivity contribution is 5.91. The van der Waals surface area contributed by atoms with Crippen LogP contribution in [-0.4, -0.2) is 5.97 Å². The summed E-state index contributed by atoms with van der Waals surface area (Å²) < 4.78 is 5.57. The third kappa shape index (κ3) is 5.70. The summed E-state index contributed by atoms with van der Waals surface area (Å²) in [5.74, 6) is 1.93. The fraction of sp³-hybridized carbons (Fsp3) is 0.500. The number of hydrogen-bond acceptors (Lipinski definition) is 2. The molecule has 0 saturated heterocycles. The minimum absolute atomic E-state index is 0.285. The predicted molar refractivity (Wildman–Crippen MR) is 116 cm³/mol. The molecule has 2 aromatic rings. The quantitative estimate of drug-likeness (QED) is 0.355. The van der Waals surface area contributed by atoms with Crippen LogP contribution in [0.3, 0.4) is 0 Å². The van der Waals surface area contributed by atoms with E-state index < -0.39 is 0 Å². The Kier molecular flexibility index (Phi) is 7.71. The van der Waals surface area contributed by atoms with Gasteiger partial charge in [-0.15, -0.1) is 0 Å². The summed E-state index contributed by atoms with van der Waals surface area (Å²) in [7, 11) is 0. The van der Waals surface area contributed by atoms with Crippen molar-refractivity contribution in [3.8, 4) is 5.75 Å². The van der Waals surface area contributed by atoms with Crippen molar-refractivity contribution in [1.82, 2.24) is 0 Å². The molecule has 150 valence electrons. The van der Waals surface area contributed by atoms with Crippen molar-refractivity contribution in [2.24, 2.45) is 5.92 Å². The molecule has 0 aliphatic heterocycles. The summed E-state index contributed by atoms with van der Waals surface area (Å²) in [4.78, 5) is 12.4. The van der Waals surface area contributed by atoms with Gasteiger partial charge in [0, 0.05) is 0 Å². The average Bonchev–Trinajstić information content (AvgIpc) is 2.74. The molecular weight excluding hydrogens is 344 g/mol. The van der Waals surface area contributed by atoms with Gasteiger partial charge in [-0.3, -0.25) is 0 Å². The maximum Gasteiger partial charge on any atom is 0.343 e. The lowest BCUT2D eigenvalue weighted by atomic mass is 9.77. The van der Waals surface area contributed by atoms with Crippen LogP contribution in [0.1, 0.15) is 92.6 Å². The number of benzene rings is 2. The van der Waals surface area contributed by atoms with Gasteiger partial charge in [0.15, 0.2) is 0 Å². The molecule has 2 heteroatoms. The van der Waals surface area contributed by atoms with Crippen LogP contribution in [0.5, 0.6) is 5.75 Å². The lowest BCUT2D eigenvalue weighted by Gasteiger charge is -2.28. The molecule has 3 rings (SSSR count). The summed E-state index contributed by atoms with van der Waals surface area (Å²) in [5, 5.41) is 0. The molecule has 0 spiro atoms. The highest BCUT2D eigenvalue weighted by atomic mass is 16.5. The molecule has 2 aromatic carbocycles. The molecule has 0 aromatic heterocycles. The highest BCUT2D eigenvalue weighted by Crippen LogP contribution is 2.38. The Balaban J connectivity index is 1.52. The van der Waals surface area contributed by atoms with E-state index in [9.17, 15) is 4.79 Å². The minimum atomic E-state index is -0.285. The third-order valence-electron chi connectivity index (χ3n) is 6.10. The van der Waals surface area contributed by atoms with E-state index >= 15 is 0 Å². The Morgan fingerprint density at radius 1 is 0.893 bits per heavy atom. The molecule has 1 saturated carbocycles. The van der Waals surface area contributed by atoms with Gasteiger partial charge in [-0.05, 0) is 79.3 Å². The molecule has 0 atom stereocenters. The van der Waals surface area contributed by atoms with Crippen LogP contribution >= 0.6 is 0 Å². The fourth-order valence-corrected chi connectivity index (χ4v) is 4.35. The zero-order chi connectivity index (χ0) is 19.8. The normalized spacial score (nSPS) is 19.4. The number of unbranched alkanes of at least 4 members (excludes halogenated alkanes) is 1. The molecule has 0 heterocycles. The molecule has 0 N–H and O–H groups in total. The van der Waals surface area contributed by atoms with E-state index in [2.05, 4.69) is 26.0 Å². The second kappa shape index (κ2) is 10.5. The molecule has 0 amide bonds. The monoisotopic (exact) mass is 378 g/mol. The molecule has 2 nitrogen and oxygen atoms in total. The Hall–Kier alpha value is -2.09. The number of carbonyl (C=O) groups excluding carboxylic acids is 1. The number of carbonyl (C=O) groups is 1. The summed E-state index contributed by atoms with van der Waals surface area (Å²) in [6.07, 6.45) is 11.5. The molecule has 1 aliphatic rings. The Morgan fingerprint density at radius 2 is 1.57 bits per heavy atom. The van der Waals surface area contributed by atoms with Crippen molar-refractivity contribution < 1.29 is 9.53 Å².